The van der Waals surface area contributed by atoms with E-state index in [1.807, 2.05) is 0 Å². The van der Waals surface area contributed by atoms with Crippen molar-refractivity contribution < 1.29 is 0 Å². The molecular formula is C6H16Br3NSn. The molecule has 0 aliphatic carbocycles. The van der Waals surface area contributed by atoms with E-state index < -0.39 is 13.9 Å². The second kappa shape index (κ2) is 7.59. The van der Waals surface area contributed by atoms with Gasteiger partial charge in [-0.2, -0.15) is 0 Å². The van der Waals surface area contributed by atoms with Crippen molar-refractivity contribution >= 4 is 56.3 Å². The van der Waals surface area contributed by atoms with Crippen LogP contribution in [-0.2, 0) is 0 Å². The average Bonchev–Trinajstić information content (AvgIpc) is 1.59. The van der Waals surface area contributed by atoms with Crippen molar-refractivity contribution in [3.8, 4) is 0 Å². The third kappa shape index (κ3) is 15.0. The fourth-order valence-corrected chi connectivity index (χ4v) is 6.69. The van der Waals surface area contributed by atoms with Crippen molar-refractivity contribution in [3.63, 3.8) is 0 Å². The third-order valence-electron chi connectivity index (χ3n) is 1.22. The van der Waals surface area contributed by atoms with Gasteiger partial charge in [-0.25, -0.2) is 0 Å². The van der Waals surface area contributed by atoms with Crippen LogP contribution >= 0.6 is 42.4 Å². The number of hydrogen-bond acceptors (Lipinski definition) is 1. The van der Waals surface area contributed by atoms with Gasteiger partial charge in [0.2, 0.25) is 0 Å². The van der Waals surface area contributed by atoms with Crippen LogP contribution in [0.1, 0.15) is 6.42 Å². The van der Waals surface area contributed by atoms with Crippen molar-refractivity contribution in [2.24, 2.45) is 0 Å². The SMILES string of the molecule is Br.CN(C)CC[CH2][Sn]([CH3])([Br])[Br]. The Morgan fingerprint density at radius 1 is 1.27 bits per heavy atom. The molecule has 0 N–H and O–H groups in total. The van der Waals surface area contributed by atoms with Gasteiger partial charge >= 0.3 is 80.7 Å². The van der Waals surface area contributed by atoms with Gasteiger partial charge in [-0.1, -0.05) is 0 Å². The summed E-state index contributed by atoms with van der Waals surface area (Å²) in [5.41, 5.74) is 0. The molecule has 0 spiro atoms. The fourth-order valence-electron chi connectivity index (χ4n) is 0.706. The second-order valence-electron chi connectivity index (χ2n) is 2.98. The maximum absolute atomic E-state index is 3.74. The fraction of sp³-hybridized carbons (Fsp3) is 1.00. The molecule has 0 aliphatic heterocycles. The standard InChI is InChI=1S/C5H12N.CH3.3BrH.Sn/c1-4-5-6(2)3;;;;;/h1,4-5H2,2-3H3;1H3;3*1H;/q;;;;;+2/p-2. The van der Waals surface area contributed by atoms with Gasteiger partial charge in [0.15, 0.2) is 0 Å². The van der Waals surface area contributed by atoms with Crippen molar-refractivity contribution in [2.75, 3.05) is 20.6 Å². The first-order valence-electron chi connectivity index (χ1n) is 3.44. The molecule has 0 rings (SSSR count). The molecule has 0 heterocycles. The van der Waals surface area contributed by atoms with Gasteiger partial charge in [0.1, 0.15) is 0 Å². The summed E-state index contributed by atoms with van der Waals surface area (Å²) in [5.74, 6) is 0. The minimum atomic E-state index is -1.77. The van der Waals surface area contributed by atoms with Crippen molar-refractivity contribution in [2.45, 2.75) is 15.8 Å². The monoisotopic (exact) mass is 459 g/mol. The van der Waals surface area contributed by atoms with Gasteiger partial charge in [0.05, 0.1) is 0 Å². The molecule has 0 saturated carbocycles. The molecule has 0 aromatic rings. The van der Waals surface area contributed by atoms with Crippen LogP contribution in [0.25, 0.3) is 0 Å². The number of rotatable bonds is 4. The molecule has 0 atom stereocenters. The van der Waals surface area contributed by atoms with Crippen LogP contribution in [0.2, 0.25) is 9.38 Å². The Labute approximate surface area is 96.4 Å². The van der Waals surface area contributed by atoms with E-state index in [0.29, 0.717) is 0 Å². The van der Waals surface area contributed by atoms with E-state index in [4.69, 9.17) is 0 Å². The molecule has 11 heavy (non-hydrogen) atoms. The van der Waals surface area contributed by atoms with E-state index in [2.05, 4.69) is 49.3 Å². The van der Waals surface area contributed by atoms with Crippen LogP contribution in [0.5, 0.6) is 0 Å². The van der Waals surface area contributed by atoms with E-state index in [-0.39, 0.29) is 17.0 Å². The Morgan fingerprint density at radius 3 is 2.00 bits per heavy atom. The molecule has 0 aromatic carbocycles. The van der Waals surface area contributed by atoms with Crippen LogP contribution in [0.15, 0.2) is 0 Å². The molecule has 5 heteroatoms. The Morgan fingerprint density at radius 2 is 1.73 bits per heavy atom. The van der Waals surface area contributed by atoms with Gasteiger partial charge in [-0.15, -0.1) is 17.0 Å². The maximum atomic E-state index is 3.74. The van der Waals surface area contributed by atoms with E-state index in [9.17, 15) is 0 Å². The Bertz CT molecular complexity index is 92.3. The zero-order chi connectivity index (χ0) is 8.20. The molecule has 0 aliphatic rings. The summed E-state index contributed by atoms with van der Waals surface area (Å²) >= 11 is 5.70. The van der Waals surface area contributed by atoms with Gasteiger partial charge < -0.3 is 0 Å². The summed E-state index contributed by atoms with van der Waals surface area (Å²) in [6.07, 6.45) is 1.32. The summed E-state index contributed by atoms with van der Waals surface area (Å²) in [6.45, 7) is 1.21. The van der Waals surface area contributed by atoms with Gasteiger partial charge in [0, 0.05) is 0 Å². The van der Waals surface area contributed by atoms with E-state index in [1.54, 1.807) is 0 Å². The average molecular weight is 461 g/mol. The minimum absolute atomic E-state index is 0. The first-order valence-corrected chi connectivity index (χ1v) is 21.1. The molecule has 0 fully saturated rings. The molecule has 70 valence electrons. The molecule has 0 amide bonds. The summed E-state index contributed by atoms with van der Waals surface area (Å²) in [5, 5.41) is 0. The molecule has 0 bridgehead atoms. The zero-order valence-corrected chi connectivity index (χ0v) is 15.0. The Balaban J connectivity index is 0. The molecule has 0 saturated heterocycles. The first-order chi connectivity index (χ1) is 4.42. The molecule has 0 aromatic heterocycles. The van der Waals surface area contributed by atoms with Crippen molar-refractivity contribution in [3.05, 3.63) is 0 Å². The predicted octanol–water partition coefficient (Wildman–Crippen LogP) is 3.38. The van der Waals surface area contributed by atoms with Crippen LogP contribution in [0.4, 0.5) is 0 Å². The van der Waals surface area contributed by atoms with Crippen molar-refractivity contribution in [1.82, 2.24) is 4.90 Å². The number of nitrogens with zero attached hydrogens (tertiary/aromatic N) is 1. The topological polar surface area (TPSA) is 3.24 Å². The summed E-state index contributed by atoms with van der Waals surface area (Å²) in [7, 11) is 4.24. The molecule has 0 unspecified atom stereocenters. The number of hydrogen-bond donors (Lipinski definition) is 0. The second-order valence-corrected chi connectivity index (χ2v) is 41.1. The van der Waals surface area contributed by atoms with E-state index in [1.165, 1.54) is 17.4 Å². The summed E-state index contributed by atoms with van der Waals surface area (Å²) in [6, 6.07) is 0. The van der Waals surface area contributed by atoms with Gasteiger partial charge in [-0.05, 0) is 0 Å². The quantitative estimate of drug-likeness (QED) is 0.582. The normalized spacial score (nSPS) is 11.5. The Hall–Kier alpha value is 2.20. The zero-order valence-electron chi connectivity index (χ0n) is 7.23. The van der Waals surface area contributed by atoms with Crippen LogP contribution in [-0.4, -0.2) is 39.5 Å². The molecular weight excluding hydrogens is 444 g/mol. The van der Waals surface area contributed by atoms with Crippen LogP contribution < -0.4 is 0 Å². The van der Waals surface area contributed by atoms with Gasteiger partial charge in [0.25, 0.3) is 0 Å². The molecule has 0 radical (unpaired) electrons. The number of halogens is 3. The van der Waals surface area contributed by atoms with Crippen LogP contribution in [0, 0.1) is 0 Å². The third-order valence-corrected chi connectivity index (χ3v) is 10.1. The predicted molar refractivity (Wildman–Crippen MR) is 67.8 cm³/mol. The molecule has 1 nitrogen and oxygen atoms in total. The summed E-state index contributed by atoms with van der Waals surface area (Å²) < 4.78 is 1.37. The summed E-state index contributed by atoms with van der Waals surface area (Å²) in [4.78, 5) is 4.57. The van der Waals surface area contributed by atoms with E-state index >= 15 is 0 Å². The van der Waals surface area contributed by atoms with Crippen molar-refractivity contribution in [1.29, 1.82) is 0 Å². The first kappa shape index (κ1) is 15.7. The van der Waals surface area contributed by atoms with Gasteiger partial charge in [-0.3, -0.25) is 0 Å². The van der Waals surface area contributed by atoms with Crippen LogP contribution in [0.3, 0.4) is 0 Å². The van der Waals surface area contributed by atoms with E-state index in [0.717, 1.165) is 0 Å². The Kier molecular flexibility index (Phi) is 10.8.